The van der Waals surface area contributed by atoms with Crippen molar-refractivity contribution in [1.29, 1.82) is 0 Å². The normalized spacial score (nSPS) is 13.9. The van der Waals surface area contributed by atoms with Crippen molar-refractivity contribution in [3.63, 3.8) is 0 Å². The number of non-ortho nitro benzene ring substituents is 1. The average molecular weight is 448 g/mol. The molecule has 0 saturated carbocycles. The lowest BCUT2D eigenvalue weighted by Gasteiger charge is -2.13. The lowest BCUT2D eigenvalue weighted by Crippen LogP contribution is -2.22. The Bertz CT molecular complexity index is 1290. The largest absolute Gasteiger partial charge is 0.507 e. The van der Waals surface area contributed by atoms with E-state index in [4.69, 9.17) is 4.42 Å². The second-order valence-electron chi connectivity index (χ2n) is 7.49. The molecule has 168 valence electrons. The molecule has 1 heterocycles. The minimum absolute atomic E-state index is 0.0770. The second kappa shape index (κ2) is 8.95. The van der Waals surface area contributed by atoms with Gasteiger partial charge in [0.1, 0.15) is 11.5 Å². The smallest absolute Gasteiger partial charge is 0.291 e. The van der Waals surface area contributed by atoms with E-state index in [9.17, 15) is 24.8 Å². The number of hydrogen-bond acceptors (Lipinski definition) is 7. The van der Waals surface area contributed by atoms with Crippen LogP contribution in [0.5, 0.6) is 5.75 Å². The predicted octanol–water partition coefficient (Wildman–Crippen LogP) is 3.92. The molecule has 2 amide bonds. The number of anilines is 1. The maximum Gasteiger partial charge on any atom is 0.291 e. The van der Waals surface area contributed by atoms with E-state index < -0.39 is 16.7 Å². The number of benzene rings is 2. The first-order valence-electron chi connectivity index (χ1n) is 10.2. The highest BCUT2D eigenvalue weighted by molar-refractivity contribution is 6.09. The monoisotopic (exact) mass is 448 g/mol. The maximum absolute atomic E-state index is 12.8. The highest BCUT2D eigenvalue weighted by atomic mass is 16.6. The number of carbonyl (C=O) groups is 2. The number of nitrogens with zero attached hydrogens (tertiary/aromatic N) is 2. The van der Waals surface area contributed by atoms with Crippen LogP contribution in [0.4, 0.5) is 11.4 Å². The first kappa shape index (κ1) is 21.8. The van der Waals surface area contributed by atoms with Gasteiger partial charge in [0.2, 0.25) is 0 Å². The topological polar surface area (TPSA) is 147 Å². The maximum atomic E-state index is 12.8. The molecule has 3 N–H and O–H groups in total. The van der Waals surface area contributed by atoms with Crippen LogP contribution in [0, 0.1) is 17.0 Å². The Hall–Kier alpha value is -4.47. The standard InChI is InChI=1S/C23H20N4O6/c1-13-20-17(25-26-22(29)16-8-2-3-10-18(16)28)9-5-11-19(20)33-21(13)23(30)24-14-6-4-7-15(12-14)27(31)32/h2-4,6-8,10,12,28H,5,9,11H2,1H3,(H,24,30)(H,26,29)/b25-17+. The number of hydrogen-bond donors (Lipinski definition) is 3. The van der Waals surface area contributed by atoms with Crippen LogP contribution in [-0.2, 0) is 6.42 Å². The van der Waals surface area contributed by atoms with Gasteiger partial charge in [0.15, 0.2) is 5.76 Å². The van der Waals surface area contributed by atoms with E-state index in [1.807, 2.05) is 0 Å². The summed E-state index contributed by atoms with van der Waals surface area (Å²) in [5.41, 5.74) is 4.46. The van der Waals surface area contributed by atoms with Crippen LogP contribution < -0.4 is 10.7 Å². The van der Waals surface area contributed by atoms with Crippen LogP contribution in [0.2, 0.25) is 0 Å². The molecule has 0 atom stereocenters. The van der Waals surface area contributed by atoms with Gasteiger partial charge in [0, 0.05) is 35.4 Å². The number of carbonyl (C=O) groups excluding carboxylic acids is 2. The van der Waals surface area contributed by atoms with Gasteiger partial charge in [-0.2, -0.15) is 5.10 Å². The summed E-state index contributed by atoms with van der Waals surface area (Å²) in [4.78, 5) is 35.6. The number of nitro benzene ring substituents is 1. The van der Waals surface area contributed by atoms with Crippen LogP contribution in [0.15, 0.2) is 58.0 Å². The minimum atomic E-state index is -0.558. The van der Waals surface area contributed by atoms with Gasteiger partial charge in [0.25, 0.3) is 17.5 Å². The fraction of sp³-hybridized carbons (Fsp3) is 0.174. The highest BCUT2D eigenvalue weighted by Crippen LogP contribution is 2.30. The van der Waals surface area contributed by atoms with Gasteiger partial charge in [0.05, 0.1) is 16.2 Å². The van der Waals surface area contributed by atoms with E-state index in [0.29, 0.717) is 35.4 Å². The molecule has 0 bridgehead atoms. The Balaban J connectivity index is 1.57. The van der Waals surface area contributed by atoms with Crippen LogP contribution in [0.25, 0.3) is 0 Å². The van der Waals surface area contributed by atoms with E-state index in [1.54, 1.807) is 25.1 Å². The summed E-state index contributed by atoms with van der Waals surface area (Å²) in [6.07, 6.45) is 1.89. The number of fused-ring (bicyclic) bond motifs is 1. The molecule has 0 fully saturated rings. The highest BCUT2D eigenvalue weighted by Gasteiger charge is 2.28. The Morgan fingerprint density at radius 2 is 1.91 bits per heavy atom. The van der Waals surface area contributed by atoms with Crippen molar-refractivity contribution >= 4 is 28.9 Å². The van der Waals surface area contributed by atoms with Crippen LogP contribution in [-0.4, -0.2) is 27.6 Å². The Morgan fingerprint density at radius 3 is 2.67 bits per heavy atom. The van der Waals surface area contributed by atoms with Gasteiger partial charge in [-0.3, -0.25) is 19.7 Å². The van der Waals surface area contributed by atoms with Gasteiger partial charge in [-0.1, -0.05) is 18.2 Å². The number of aryl methyl sites for hydroxylation is 1. The molecule has 10 heteroatoms. The molecule has 1 aliphatic carbocycles. The first-order chi connectivity index (χ1) is 15.8. The molecule has 4 rings (SSSR count). The van der Waals surface area contributed by atoms with Crippen molar-refractivity contribution in [3.8, 4) is 5.75 Å². The number of furan rings is 1. The van der Waals surface area contributed by atoms with Crippen molar-refractivity contribution in [2.45, 2.75) is 26.2 Å². The quantitative estimate of drug-likeness (QED) is 0.398. The number of rotatable bonds is 5. The Kier molecular flexibility index (Phi) is 5.90. The fourth-order valence-corrected chi connectivity index (χ4v) is 3.73. The number of hydrazone groups is 1. The molecular formula is C23H20N4O6. The van der Waals surface area contributed by atoms with Gasteiger partial charge in [-0.15, -0.1) is 0 Å². The van der Waals surface area contributed by atoms with Crippen LogP contribution in [0.3, 0.4) is 0 Å². The number of phenols is 1. The van der Waals surface area contributed by atoms with E-state index in [0.717, 1.165) is 6.42 Å². The number of para-hydroxylation sites is 1. The van der Waals surface area contributed by atoms with Gasteiger partial charge in [-0.25, -0.2) is 5.43 Å². The molecule has 3 aromatic rings. The summed E-state index contributed by atoms with van der Waals surface area (Å²) in [6.45, 7) is 1.72. The first-order valence-corrected chi connectivity index (χ1v) is 10.2. The average Bonchev–Trinajstić information content (AvgIpc) is 3.15. The molecule has 33 heavy (non-hydrogen) atoms. The molecule has 1 aliphatic rings. The van der Waals surface area contributed by atoms with Crippen molar-refractivity contribution in [2.75, 3.05) is 5.32 Å². The van der Waals surface area contributed by atoms with Crippen molar-refractivity contribution in [3.05, 3.63) is 86.9 Å². The molecule has 2 aromatic carbocycles. The zero-order valence-electron chi connectivity index (χ0n) is 17.6. The molecule has 1 aromatic heterocycles. The second-order valence-corrected chi connectivity index (χ2v) is 7.49. The lowest BCUT2D eigenvalue weighted by atomic mass is 9.93. The zero-order chi connectivity index (χ0) is 23.5. The predicted molar refractivity (Wildman–Crippen MR) is 120 cm³/mol. The summed E-state index contributed by atoms with van der Waals surface area (Å²) in [6, 6.07) is 11.8. The third-order valence-electron chi connectivity index (χ3n) is 5.29. The molecule has 0 aliphatic heterocycles. The summed E-state index contributed by atoms with van der Waals surface area (Å²) in [5.74, 6) is -0.594. The van der Waals surface area contributed by atoms with Gasteiger partial charge in [-0.05, 0) is 38.0 Å². The van der Waals surface area contributed by atoms with Gasteiger partial charge >= 0.3 is 0 Å². The Labute approximate surface area is 188 Å². The van der Waals surface area contributed by atoms with Crippen LogP contribution in [0.1, 0.15) is 50.6 Å². The molecule has 10 nitrogen and oxygen atoms in total. The molecule has 0 saturated heterocycles. The number of nitrogens with one attached hydrogen (secondary N) is 2. The molecule has 0 radical (unpaired) electrons. The molecular weight excluding hydrogens is 428 g/mol. The minimum Gasteiger partial charge on any atom is -0.507 e. The third kappa shape index (κ3) is 4.45. The number of aromatic hydroxyl groups is 1. The Morgan fingerprint density at radius 1 is 1.12 bits per heavy atom. The van der Waals surface area contributed by atoms with E-state index in [-0.39, 0.29) is 28.4 Å². The van der Waals surface area contributed by atoms with Crippen LogP contribution >= 0.6 is 0 Å². The van der Waals surface area contributed by atoms with E-state index in [1.165, 1.54) is 30.3 Å². The van der Waals surface area contributed by atoms with E-state index in [2.05, 4.69) is 15.8 Å². The lowest BCUT2D eigenvalue weighted by molar-refractivity contribution is -0.384. The zero-order valence-corrected chi connectivity index (χ0v) is 17.6. The number of nitro groups is 1. The number of phenolic OH excluding ortho intramolecular Hbond substituents is 1. The van der Waals surface area contributed by atoms with Crippen molar-refractivity contribution in [1.82, 2.24) is 5.43 Å². The number of amides is 2. The SMILES string of the molecule is Cc1c(C(=O)Nc2cccc([N+](=O)[O-])c2)oc2c1/C(=N/NC(=O)c1ccccc1O)CCC2. The fourth-order valence-electron chi connectivity index (χ4n) is 3.73. The van der Waals surface area contributed by atoms with Crippen molar-refractivity contribution in [2.24, 2.45) is 5.10 Å². The summed E-state index contributed by atoms with van der Waals surface area (Å²) >= 11 is 0. The van der Waals surface area contributed by atoms with Crippen molar-refractivity contribution < 1.29 is 24.0 Å². The summed E-state index contributed by atoms with van der Waals surface area (Å²) < 4.78 is 5.81. The molecule has 0 unspecified atom stereocenters. The third-order valence-corrected chi connectivity index (χ3v) is 5.29. The van der Waals surface area contributed by atoms with E-state index >= 15 is 0 Å². The summed E-state index contributed by atoms with van der Waals surface area (Å²) in [7, 11) is 0. The van der Waals surface area contributed by atoms with Gasteiger partial charge < -0.3 is 14.8 Å². The summed E-state index contributed by atoms with van der Waals surface area (Å²) in [5, 5.41) is 27.7. The molecule has 0 spiro atoms.